The Morgan fingerprint density at radius 2 is 1.14 bits per heavy atom. The molecule has 0 aromatic heterocycles. The lowest BCUT2D eigenvalue weighted by molar-refractivity contribution is 0.161. The normalized spacial score (nSPS) is 14.9. The van der Waals surface area contributed by atoms with Crippen LogP contribution < -0.4 is 4.74 Å². The number of ether oxygens (including phenoxy) is 1. The Bertz CT molecular complexity index is 764. The van der Waals surface area contributed by atoms with Gasteiger partial charge in [-0.05, 0) is 12.1 Å². The standard InChI is InChI=1S/C21H16O/c1-3-10-18(11-4-1)21(19-12-5-2-6-13-19)16-15-17-9-7-8-14-20(17)22-21/h1-16H. The first-order chi connectivity index (χ1) is 10.9. The van der Waals surface area contributed by atoms with E-state index in [4.69, 9.17) is 4.74 Å². The maximum Gasteiger partial charge on any atom is 0.178 e. The summed E-state index contributed by atoms with van der Waals surface area (Å²) in [6.07, 6.45) is 4.30. The van der Waals surface area contributed by atoms with Crippen LogP contribution in [0.3, 0.4) is 0 Å². The second-order valence-electron chi connectivity index (χ2n) is 5.44. The fraction of sp³-hybridized carbons (Fsp3) is 0.0476. The van der Waals surface area contributed by atoms with Gasteiger partial charge in [0.25, 0.3) is 0 Å². The molecule has 4 rings (SSSR count). The van der Waals surface area contributed by atoms with E-state index in [1.54, 1.807) is 0 Å². The van der Waals surface area contributed by atoms with Crippen molar-refractivity contribution in [3.8, 4) is 5.75 Å². The number of benzene rings is 3. The first-order valence-electron chi connectivity index (χ1n) is 7.47. The van der Waals surface area contributed by atoms with E-state index in [2.05, 4.69) is 66.7 Å². The molecule has 0 saturated heterocycles. The van der Waals surface area contributed by atoms with Gasteiger partial charge in [0.15, 0.2) is 5.60 Å². The van der Waals surface area contributed by atoms with Gasteiger partial charge < -0.3 is 4.74 Å². The zero-order valence-corrected chi connectivity index (χ0v) is 12.1. The molecule has 3 aromatic rings. The molecule has 0 spiro atoms. The van der Waals surface area contributed by atoms with E-state index in [1.165, 1.54) is 0 Å². The summed E-state index contributed by atoms with van der Waals surface area (Å²) in [5.74, 6) is 0.915. The molecular weight excluding hydrogens is 268 g/mol. The molecule has 22 heavy (non-hydrogen) atoms. The Kier molecular flexibility index (Phi) is 3.05. The molecular formula is C21H16O. The average molecular weight is 284 g/mol. The number of rotatable bonds is 2. The first-order valence-corrected chi connectivity index (χ1v) is 7.47. The van der Waals surface area contributed by atoms with E-state index in [1.807, 2.05) is 30.3 Å². The highest BCUT2D eigenvalue weighted by molar-refractivity contribution is 5.64. The fourth-order valence-electron chi connectivity index (χ4n) is 2.97. The smallest absolute Gasteiger partial charge is 0.178 e. The van der Waals surface area contributed by atoms with Gasteiger partial charge in [0.05, 0.1) is 0 Å². The van der Waals surface area contributed by atoms with Crippen molar-refractivity contribution < 1.29 is 4.74 Å². The summed E-state index contributed by atoms with van der Waals surface area (Å²) < 4.78 is 6.50. The second-order valence-corrected chi connectivity index (χ2v) is 5.44. The zero-order chi connectivity index (χ0) is 14.8. The first kappa shape index (κ1) is 12.9. The minimum absolute atomic E-state index is 0.573. The van der Waals surface area contributed by atoms with Crippen molar-refractivity contribution in [1.82, 2.24) is 0 Å². The van der Waals surface area contributed by atoms with Crippen LogP contribution in [0.25, 0.3) is 6.08 Å². The Morgan fingerprint density at radius 3 is 1.77 bits per heavy atom. The minimum Gasteiger partial charge on any atom is -0.473 e. The van der Waals surface area contributed by atoms with Crippen LogP contribution in [0.2, 0.25) is 0 Å². The van der Waals surface area contributed by atoms with E-state index in [-0.39, 0.29) is 0 Å². The van der Waals surface area contributed by atoms with Gasteiger partial charge in [-0.2, -0.15) is 0 Å². The molecule has 0 radical (unpaired) electrons. The summed E-state index contributed by atoms with van der Waals surface area (Å²) in [5.41, 5.74) is 2.81. The quantitative estimate of drug-likeness (QED) is 0.641. The summed E-state index contributed by atoms with van der Waals surface area (Å²) in [5, 5.41) is 0. The molecule has 0 amide bonds. The lowest BCUT2D eigenvalue weighted by atomic mass is 9.84. The summed E-state index contributed by atoms with van der Waals surface area (Å²) in [4.78, 5) is 0. The minimum atomic E-state index is -0.573. The van der Waals surface area contributed by atoms with Crippen LogP contribution in [-0.2, 0) is 5.60 Å². The predicted molar refractivity (Wildman–Crippen MR) is 89.8 cm³/mol. The summed E-state index contributed by atoms with van der Waals surface area (Å²) in [6, 6.07) is 28.9. The van der Waals surface area contributed by atoms with Gasteiger partial charge in [0.1, 0.15) is 5.75 Å². The molecule has 1 heteroatoms. The number of hydrogen-bond acceptors (Lipinski definition) is 1. The van der Waals surface area contributed by atoms with Crippen LogP contribution in [0.5, 0.6) is 5.75 Å². The molecule has 0 unspecified atom stereocenters. The van der Waals surface area contributed by atoms with E-state index < -0.39 is 5.60 Å². The van der Waals surface area contributed by atoms with Gasteiger partial charge in [-0.15, -0.1) is 0 Å². The summed E-state index contributed by atoms with van der Waals surface area (Å²) in [6.45, 7) is 0. The molecule has 0 fully saturated rings. The van der Waals surface area contributed by atoms with Crippen LogP contribution >= 0.6 is 0 Å². The van der Waals surface area contributed by atoms with Crippen molar-refractivity contribution in [3.05, 3.63) is 108 Å². The summed E-state index contributed by atoms with van der Waals surface area (Å²) in [7, 11) is 0. The van der Waals surface area contributed by atoms with Crippen LogP contribution in [0.4, 0.5) is 0 Å². The van der Waals surface area contributed by atoms with E-state index in [9.17, 15) is 0 Å². The highest BCUT2D eigenvalue weighted by Crippen LogP contribution is 2.41. The molecule has 1 heterocycles. The van der Waals surface area contributed by atoms with Crippen molar-refractivity contribution in [2.45, 2.75) is 5.60 Å². The highest BCUT2D eigenvalue weighted by Gasteiger charge is 2.36. The van der Waals surface area contributed by atoms with Crippen molar-refractivity contribution in [2.24, 2.45) is 0 Å². The molecule has 0 saturated carbocycles. The Morgan fingerprint density at radius 1 is 0.591 bits per heavy atom. The van der Waals surface area contributed by atoms with Crippen molar-refractivity contribution >= 4 is 6.08 Å². The van der Waals surface area contributed by atoms with E-state index in [0.717, 1.165) is 22.4 Å². The van der Waals surface area contributed by atoms with E-state index in [0.29, 0.717) is 0 Å². The molecule has 1 aliphatic heterocycles. The molecule has 0 N–H and O–H groups in total. The monoisotopic (exact) mass is 284 g/mol. The highest BCUT2D eigenvalue weighted by atomic mass is 16.5. The SMILES string of the molecule is C1=CC(c2ccccc2)(c2ccccc2)Oc2ccccc21. The second kappa shape index (κ2) is 5.19. The van der Waals surface area contributed by atoms with Crippen molar-refractivity contribution in [3.63, 3.8) is 0 Å². The van der Waals surface area contributed by atoms with Gasteiger partial charge in [0, 0.05) is 16.7 Å². The Labute approximate surface area is 130 Å². The van der Waals surface area contributed by atoms with Crippen LogP contribution in [0, 0.1) is 0 Å². The van der Waals surface area contributed by atoms with Crippen molar-refractivity contribution in [1.29, 1.82) is 0 Å². The lowest BCUT2D eigenvalue weighted by Gasteiger charge is -2.36. The third kappa shape index (κ3) is 2.03. The van der Waals surface area contributed by atoms with Crippen LogP contribution in [-0.4, -0.2) is 0 Å². The molecule has 1 nitrogen and oxygen atoms in total. The predicted octanol–water partition coefficient (Wildman–Crippen LogP) is 5.04. The van der Waals surface area contributed by atoms with Gasteiger partial charge in [0.2, 0.25) is 0 Å². The number of fused-ring (bicyclic) bond motifs is 1. The maximum atomic E-state index is 6.50. The maximum absolute atomic E-state index is 6.50. The third-order valence-electron chi connectivity index (χ3n) is 4.09. The van der Waals surface area contributed by atoms with Crippen molar-refractivity contribution in [2.75, 3.05) is 0 Å². The van der Waals surface area contributed by atoms with E-state index >= 15 is 0 Å². The molecule has 3 aromatic carbocycles. The zero-order valence-electron chi connectivity index (χ0n) is 12.1. The van der Waals surface area contributed by atoms with Gasteiger partial charge in [-0.3, -0.25) is 0 Å². The molecule has 0 aliphatic carbocycles. The molecule has 106 valence electrons. The molecule has 0 atom stereocenters. The van der Waals surface area contributed by atoms with Gasteiger partial charge in [-0.1, -0.05) is 84.9 Å². The topological polar surface area (TPSA) is 9.23 Å². The molecule has 1 aliphatic rings. The van der Waals surface area contributed by atoms with Crippen LogP contribution in [0.15, 0.2) is 91.0 Å². The Balaban J connectivity index is 1.93. The number of hydrogen-bond donors (Lipinski definition) is 0. The lowest BCUT2D eigenvalue weighted by Crippen LogP contribution is -2.34. The summed E-state index contributed by atoms with van der Waals surface area (Å²) >= 11 is 0. The largest absolute Gasteiger partial charge is 0.473 e. The van der Waals surface area contributed by atoms with Crippen LogP contribution in [0.1, 0.15) is 16.7 Å². The van der Waals surface area contributed by atoms with Gasteiger partial charge >= 0.3 is 0 Å². The van der Waals surface area contributed by atoms with Gasteiger partial charge in [-0.25, -0.2) is 0 Å². The molecule has 0 bridgehead atoms. The Hall–Kier alpha value is -2.80. The number of para-hydroxylation sites is 1. The third-order valence-corrected chi connectivity index (χ3v) is 4.09. The fourth-order valence-corrected chi connectivity index (χ4v) is 2.97. The average Bonchev–Trinajstić information content (AvgIpc) is 2.63.